The summed E-state index contributed by atoms with van der Waals surface area (Å²) in [5, 5.41) is 11.8. The molecule has 1 atom stereocenters. The predicted octanol–water partition coefficient (Wildman–Crippen LogP) is 5.61. The summed E-state index contributed by atoms with van der Waals surface area (Å²) in [7, 11) is 0. The number of rotatable bonds is 5. The molecule has 0 bridgehead atoms. The Kier molecular flexibility index (Phi) is 6.17. The number of nitro groups is 1. The first-order chi connectivity index (χ1) is 13.8. The van der Waals surface area contributed by atoms with Crippen LogP contribution < -0.4 is 0 Å². The van der Waals surface area contributed by atoms with E-state index in [0.29, 0.717) is 21.2 Å². The summed E-state index contributed by atoms with van der Waals surface area (Å²) in [6.45, 7) is 7.72. The largest absolute Gasteiger partial charge is 0.284 e. The Hall–Kier alpha value is -2.93. The number of carbonyl (C=O) groups is 1. The van der Waals surface area contributed by atoms with Crippen LogP contribution in [0.25, 0.3) is 6.08 Å². The van der Waals surface area contributed by atoms with Gasteiger partial charge in [-0.3, -0.25) is 19.8 Å². The monoisotopic (exact) mass is 409 g/mol. The third kappa shape index (κ3) is 4.56. The molecule has 1 aliphatic heterocycles. The highest BCUT2D eigenvalue weighted by atomic mass is 32.2. The summed E-state index contributed by atoms with van der Waals surface area (Å²) in [6.07, 6.45) is 2.50. The topological polar surface area (TPSA) is 75.8 Å². The normalized spacial score (nSPS) is 17.9. The number of hydrogen-bond donors (Lipinski definition) is 0. The van der Waals surface area contributed by atoms with Crippen molar-refractivity contribution in [2.45, 2.75) is 40.2 Å². The third-order valence-corrected chi connectivity index (χ3v) is 5.84. The van der Waals surface area contributed by atoms with Gasteiger partial charge in [-0.25, -0.2) is 4.99 Å². The Morgan fingerprint density at radius 2 is 1.90 bits per heavy atom. The van der Waals surface area contributed by atoms with Crippen LogP contribution >= 0.6 is 11.8 Å². The van der Waals surface area contributed by atoms with E-state index in [1.807, 2.05) is 45.0 Å². The molecule has 2 aromatic rings. The van der Waals surface area contributed by atoms with Crippen LogP contribution in [0, 0.1) is 24.0 Å². The zero-order chi connectivity index (χ0) is 21.1. The van der Waals surface area contributed by atoms with Gasteiger partial charge in [0.05, 0.1) is 15.5 Å². The number of carbonyl (C=O) groups excluding carboxylic acids is 1. The first-order valence-electron chi connectivity index (χ1n) is 9.43. The van der Waals surface area contributed by atoms with Crippen molar-refractivity contribution in [2.75, 3.05) is 0 Å². The average molecular weight is 410 g/mol. The molecule has 0 saturated carbocycles. The molecule has 29 heavy (non-hydrogen) atoms. The van der Waals surface area contributed by atoms with Gasteiger partial charge in [0, 0.05) is 17.7 Å². The van der Waals surface area contributed by atoms with Gasteiger partial charge < -0.3 is 0 Å². The van der Waals surface area contributed by atoms with Gasteiger partial charge in [-0.15, -0.1) is 0 Å². The fourth-order valence-corrected chi connectivity index (χ4v) is 4.02. The molecule has 1 fully saturated rings. The standard InChI is InChI=1S/C22H23N3O3S/c1-5-16(4)24-21(26)20(13-17-9-8-15(3)19(12-17)25(27)28)29-22(24)23-18-10-6-14(2)7-11-18/h6-13,16H,5H2,1-4H3/b20-13+,23-22?/t16-/m1/s1. The minimum Gasteiger partial charge on any atom is -0.284 e. The van der Waals surface area contributed by atoms with Crippen molar-refractivity contribution in [1.82, 2.24) is 4.90 Å². The van der Waals surface area contributed by atoms with Crippen molar-refractivity contribution in [2.24, 2.45) is 4.99 Å². The first kappa shape index (κ1) is 20.8. The molecule has 6 nitrogen and oxygen atoms in total. The first-order valence-corrected chi connectivity index (χ1v) is 10.2. The molecule has 3 rings (SSSR count). The van der Waals surface area contributed by atoms with E-state index in [0.717, 1.165) is 17.7 Å². The van der Waals surface area contributed by atoms with E-state index in [9.17, 15) is 14.9 Å². The molecular formula is C22H23N3O3S. The highest BCUT2D eigenvalue weighted by Crippen LogP contribution is 2.36. The van der Waals surface area contributed by atoms with Crippen LogP contribution in [-0.4, -0.2) is 26.9 Å². The Bertz CT molecular complexity index is 1010. The number of nitrogens with zero attached hydrogens (tertiary/aromatic N) is 3. The van der Waals surface area contributed by atoms with Gasteiger partial charge in [0.15, 0.2) is 5.17 Å². The second kappa shape index (κ2) is 8.61. The highest BCUT2D eigenvalue weighted by molar-refractivity contribution is 8.18. The van der Waals surface area contributed by atoms with Crippen molar-refractivity contribution in [3.63, 3.8) is 0 Å². The summed E-state index contributed by atoms with van der Waals surface area (Å²) >= 11 is 1.30. The minimum atomic E-state index is -0.406. The van der Waals surface area contributed by atoms with E-state index in [1.54, 1.807) is 30.0 Å². The molecule has 0 N–H and O–H groups in total. The van der Waals surface area contributed by atoms with Gasteiger partial charge >= 0.3 is 0 Å². The van der Waals surface area contributed by atoms with E-state index in [-0.39, 0.29) is 17.6 Å². The van der Waals surface area contributed by atoms with E-state index in [4.69, 9.17) is 0 Å². The second-order valence-electron chi connectivity index (χ2n) is 7.08. The molecule has 0 spiro atoms. The maximum absolute atomic E-state index is 13.1. The second-order valence-corrected chi connectivity index (χ2v) is 8.09. The minimum absolute atomic E-state index is 0.00236. The number of benzene rings is 2. The van der Waals surface area contributed by atoms with Crippen LogP contribution in [0.1, 0.15) is 37.0 Å². The molecule has 1 amide bonds. The zero-order valence-electron chi connectivity index (χ0n) is 16.9. The van der Waals surface area contributed by atoms with Crippen LogP contribution in [0.3, 0.4) is 0 Å². The lowest BCUT2D eigenvalue weighted by Gasteiger charge is -2.22. The maximum Gasteiger partial charge on any atom is 0.272 e. The van der Waals surface area contributed by atoms with Crippen LogP contribution in [0.5, 0.6) is 0 Å². The van der Waals surface area contributed by atoms with E-state index in [2.05, 4.69) is 4.99 Å². The molecule has 7 heteroatoms. The average Bonchev–Trinajstić information content (AvgIpc) is 2.99. The number of thioether (sulfide) groups is 1. The molecule has 1 heterocycles. The summed E-state index contributed by atoms with van der Waals surface area (Å²) < 4.78 is 0. The lowest BCUT2D eigenvalue weighted by atomic mass is 10.1. The number of amides is 1. The molecule has 0 radical (unpaired) electrons. The van der Waals surface area contributed by atoms with Crippen molar-refractivity contribution in [3.05, 3.63) is 74.2 Å². The summed E-state index contributed by atoms with van der Waals surface area (Å²) in [4.78, 5) is 30.8. The van der Waals surface area contributed by atoms with Crippen LogP contribution in [-0.2, 0) is 4.79 Å². The molecule has 1 saturated heterocycles. The lowest BCUT2D eigenvalue weighted by molar-refractivity contribution is -0.385. The van der Waals surface area contributed by atoms with Gasteiger partial charge in [-0.05, 0) is 62.7 Å². The number of aryl methyl sites for hydroxylation is 2. The fourth-order valence-electron chi connectivity index (χ4n) is 2.93. The van der Waals surface area contributed by atoms with Crippen molar-refractivity contribution in [1.29, 1.82) is 0 Å². The molecule has 0 aliphatic carbocycles. The van der Waals surface area contributed by atoms with Crippen LogP contribution in [0.15, 0.2) is 52.4 Å². The van der Waals surface area contributed by atoms with E-state index < -0.39 is 4.92 Å². The van der Waals surface area contributed by atoms with Gasteiger partial charge in [0.25, 0.3) is 11.6 Å². The van der Waals surface area contributed by atoms with Gasteiger partial charge in [-0.1, -0.05) is 36.8 Å². The van der Waals surface area contributed by atoms with Crippen molar-refractivity contribution < 1.29 is 9.72 Å². The SMILES string of the molecule is CC[C@@H](C)N1C(=O)/C(=C\c2ccc(C)c([N+](=O)[O-])c2)SC1=Nc1ccc(C)cc1. The number of amidine groups is 1. The number of hydrogen-bond acceptors (Lipinski definition) is 5. The number of nitro benzene ring substituents is 1. The van der Waals surface area contributed by atoms with Gasteiger partial charge in [0.1, 0.15) is 0 Å². The van der Waals surface area contributed by atoms with E-state index >= 15 is 0 Å². The maximum atomic E-state index is 13.1. The Labute approximate surface area is 174 Å². The molecule has 2 aromatic carbocycles. The molecule has 0 aromatic heterocycles. The summed E-state index contributed by atoms with van der Waals surface area (Å²) in [5.74, 6) is -0.126. The van der Waals surface area contributed by atoms with Crippen LogP contribution in [0.2, 0.25) is 0 Å². The fraction of sp³-hybridized carbons (Fsp3) is 0.273. The van der Waals surface area contributed by atoms with Crippen molar-refractivity contribution in [3.8, 4) is 0 Å². The van der Waals surface area contributed by atoms with E-state index in [1.165, 1.54) is 17.8 Å². The van der Waals surface area contributed by atoms with Crippen LogP contribution in [0.4, 0.5) is 11.4 Å². The highest BCUT2D eigenvalue weighted by Gasteiger charge is 2.36. The summed E-state index contributed by atoms with van der Waals surface area (Å²) in [5.41, 5.74) is 3.18. The Balaban J connectivity index is 2.00. The van der Waals surface area contributed by atoms with Gasteiger partial charge in [-0.2, -0.15) is 0 Å². The summed E-state index contributed by atoms with van der Waals surface area (Å²) in [6, 6.07) is 12.8. The Morgan fingerprint density at radius 1 is 1.21 bits per heavy atom. The third-order valence-electron chi connectivity index (χ3n) is 4.85. The lowest BCUT2D eigenvalue weighted by Crippen LogP contribution is -2.36. The molecule has 1 aliphatic rings. The smallest absolute Gasteiger partial charge is 0.272 e. The molecular weight excluding hydrogens is 386 g/mol. The van der Waals surface area contributed by atoms with Gasteiger partial charge in [0.2, 0.25) is 0 Å². The number of aliphatic imine (C=N–C) groups is 1. The zero-order valence-corrected chi connectivity index (χ0v) is 17.7. The van der Waals surface area contributed by atoms with Crippen molar-refractivity contribution >= 4 is 40.3 Å². The molecule has 0 unspecified atom stereocenters. The predicted molar refractivity (Wildman–Crippen MR) is 118 cm³/mol. The molecule has 150 valence electrons. The quantitative estimate of drug-likeness (QED) is 0.365. The Morgan fingerprint density at radius 3 is 2.52 bits per heavy atom.